The predicted molar refractivity (Wildman–Crippen MR) is 77.2 cm³/mol. The van der Waals surface area contributed by atoms with Crippen molar-refractivity contribution in [1.82, 2.24) is 15.6 Å². The molecule has 1 aliphatic rings. The van der Waals surface area contributed by atoms with Gasteiger partial charge in [-0.2, -0.15) is 0 Å². The number of hydrogen-bond acceptors (Lipinski definition) is 3. The molecule has 1 aromatic heterocycles. The van der Waals surface area contributed by atoms with Gasteiger partial charge in [0.15, 0.2) is 0 Å². The van der Waals surface area contributed by atoms with Crippen molar-refractivity contribution in [2.75, 3.05) is 26.2 Å². The van der Waals surface area contributed by atoms with Crippen LogP contribution in [0.25, 0.3) is 11.3 Å². The first-order valence-corrected chi connectivity index (χ1v) is 6.21. The van der Waals surface area contributed by atoms with Gasteiger partial charge < -0.3 is 26.2 Å². The Morgan fingerprint density at radius 1 is 0.842 bits per heavy atom. The fraction of sp³-hybridized carbons (Fsp3) is 0.286. The zero-order valence-electron chi connectivity index (χ0n) is 10.8. The Morgan fingerprint density at radius 3 is 1.84 bits per heavy atom. The van der Waals surface area contributed by atoms with Crippen LogP contribution < -0.4 is 10.6 Å². The zero-order chi connectivity index (χ0) is 12.6. The molecule has 0 bridgehead atoms. The standard InChI is InChI=1S/C10H9NO.C4H10N2.H2O/c12-9-6-7-11-10(9)8-4-2-1-3-5-8;1-2-6-4-3-5-1;/h1-7,11-12H;5-6H,1-4H2;1H2. The van der Waals surface area contributed by atoms with E-state index in [9.17, 15) is 5.11 Å². The molecule has 19 heavy (non-hydrogen) atoms. The van der Waals surface area contributed by atoms with E-state index in [1.54, 1.807) is 12.3 Å². The van der Waals surface area contributed by atoms with E-state index in [-0.39, 0.29) is 5.48 Å². The first kappa shape index (κ1) is 15.2. The van der Waals surface area contributed by atoms with Crippen LogP contribution in [0.1, 0.15) is 0 Å². The van der Waals surface area contributed by atoms with Gasteiger partial charge in [-0.1, -0.05) is 30.3 Å². The molecule has 5 nitrogen and oxygen atoms in total. The first-order valence-electron chi connectivity index (χ1n) is 6.21. The second-order valence-corrected chi connectivity index (χ2v) is 4.10. The summed E-state index contributed by atoms with van der Waals surface area (Å²) in [5.74, 6) is 0.293. The summed E-state index contributed by atoms with van der Waals surface area (Å²) in [5, 5.41) is 15.8. The van der Waals surface area contributed by atoms with Gasteiger partial charge in [-0.05, 0) is 6.07 Å². The van der Waals surface area contributed by atoms with Crippen LogP contribution in [0, 0.1) is 0 Å². The number of benzene rings is 1. The van der Waals surface area contributed by atoms with Crippen molar-refractivity contribution < 1.29 is 10.6 Å². The van der Waals surface area contributed by atoms with E-state index in [0.29, 0.717) is 5.75 Å². The van der Waals surface area contributed by atoms with Gasteiger partial charge in [-0.15, -0.1) is 0 Å². The van der Waals surface area contributed by atoms with Gasteiger partial charge in [0.2, 0.25) is 0 Å². The highest BCUT2D eigenvalue weighted by Gasteiger charge is 2.02. The lowest BCUT2D eigenvalue weighted by molar-refractivity contribution is 0.478. The molecule has 3 rings (SSSR count). The van der Waals surface area contributed by atoms with Crippen molar-refractivity contribution in [3.8, 4) is 17.0 Å². The zero-order valence-corrected chi connectivity index (χ0v) is 10.8. The van der Waals surface area contributed by atoms with Crippen molar-refractivity contribution in [3.05, 3.63) is 42.6 Å². The molecule has 0 atom stereocenters. The van der Waals surface area contributed by atoms with Gasteiger partial charge in [-0.3, -0.25) is 0 Å². The fourth-order valence-electron chi connectivity index (χ4n) is 1.80. The molecule has 0 radical (unpaired) electrons. The molecule has 0 amide bonds. The number of aromatic amines is 1. The van der Waals surface area contributed by atoms with Crippen LogP contribution in [-0.4, -0.2) is 41.7 Å². The number of rotatable bonds is 1. The lowest BCUT2D eigenvalue weighted by Crippen LogP contribution is -2.39. The topological polar surface area (TPSA) is 91.6 Å². The summed E-state index contributed by atoms with van der Waals surface area (Å²) in [6.45, 7) is 4.56. The van der Waals surface area contributed by atoms with Gasteiger partial charge in [-0.25, -0.2) is 0 Å². The first-order chi connectivity index (χ1) is 8.88. The van der Waals surface area contributed by atoms with Crippen LogP contribution in [0.4, 0.5) is 0 Å². The fourth-order valence-corrected chi connectivity index (χ4v) is 1.80. The maximum Gasteiger partial charge on any atom is 0.141 e. The maximum atomic E-state index is 9.37. The minimum Gasteiger partial charge on any atom is -0.506 e. The third kappa shape index (κ3) is 4.75. The Morgan fingerprint density at radius 2 is 1.42 bits per heavy atom. The molecule has 2 aromatic rings. The molecule has 2 heterocycles. The Labute approximate surface area is 113 Å². The van der Waals surface area contributed by atoms with E-state index in [0.717, 1.165) is 37.4 Å². The van der Waals surface area contributed by atoms with E-state index in [4.69, 9.17) is 0 Å². The molecule has 0 saturated carbocycles. The Hall–Kier alpha value is -1.82. The van der Waals surface area contributed by atoms with Gasteiger partial charge in [0.25, 0.3) is 0 Å². The van der Waals surface area contributed by atoms with E-state index < -0.39 is 0 Å². The molecule has 6 N–H and O–H groups in total. The summed E-state index contributed by atoms with van der Waals surface area (Å²) in [7, 11) is 0. The lowest BCUT2D eigenvalue weighted by Gasteiger charge is -2.11. The third-order valence-electron chi connectivity index (χ3n) is 2.74. The van der Waals surface area contributed by atoms with E-state index in [1.807, 2.05) is 30.3 Å². The maximum absolute atomic E-state index is 9.37. The van der Waals surface area contributed by atoms with Crippen LogP contribution in [0.15, 0.2) is 42.6 Å². The molecule has 5 heteroatoms. The summed E-state index contributed by atoms with van der Waals surface area (Å²) in [5.41, 5.74) is 1.77. The monoisotopic (exact) mass is 263 g/mol. The normalized spacial score (nSPS) is 13.9. The molecule has 104 valence electrons. The minimum absolute atomic E-state index is 0. The number of H-pyrrole nitrogens is 1. The van der Waals surface area contributed by atoms with E-state index in [1.165, 1.54) is 0 Å². The summed E-state index contributed by atoms with van der Waals surface area (Å²) >= 11 is 0. The third-order valence-corrected chi connectivity index (χ3v) is 2.74. The molecular formula is C14H21N3O2. The molecule has 1 fully saturated rings. The van der Waals surface area contributed by atoms with Crippen molar-refractivity contribution in [2.45, 2.75) is 0 Å². The van der Waals surface area contributed by atoms with Crippen LogP contribution in [0.2, 0.25) is 0 Å². The Kier molecular flexibility index (Phi) is 6.67. The number of piperazine rings is 1. The van der Waals surface area contributed by atoms with Crippen LogP contribution in [0.3, 0.4) is 0 Å². The molecule has 0 aliphatic carbocycles. The van der Waals surface area contributed by atoms with Crippen molar-refractivity contribution in [3.63, 3.8) is 0 Å². The summed E-state index contributed by atoms with van der Waals surface area (Å²) in [6, 6.07) is 11.4. The van der Waals surface area contributed by atoms with Crippen molar-refractivity contribution >= 4 is 0 Å². The van der Waals surface area contributed by atoms with Gasteiger partial charge in [0.05, 0.1) is 5.69 Å². The SMILES string of the molecule is C1CNCCN1.O.Oc1cc[nH]c1-c1ccccc1. The Bertz CT molecular complexity index is 441. The summed E-state index contributed by atoms with van der Waals surface area (Å²) < 4.78 is 0. The number of aromatic nitrogens is 1. The van der Waals surface area contributed by atoms with Crippen LogP contribution in [0.5, 0.6) is 5.75 Å². The quantitative estimate of drug-likeness (QED) is 0.611. The van der Waals surface area contributed by atoms with Crippen molar-refractivity contribution in [1.29, 1.82) is 0 Å². The smallest absolute Gasteiger partial charge is 0.141 e. The summed E-state index contributed by atoms with van der Waals surface area (Å²) in [6.07, 6.45) is 1.72. The Balaban J connectivity index is 0.000000220. The average molecular weight is 263 g/mol. The highest BCUT2D eigenvalue weighted by Crippen LogP contribution is 2.26. The molecule has 0 unspecified atom stereocenters. The van der Waals surface area contributed by atoms with E-state index in [2.05, 4.69) is 15.6 Å². The van der Waals surface area contributed by atoms with Crippen LogP contribution >= 0.6 is 0 Å². The van der Waals surface area contributed by atoms with Gasteiger partial charge in [0, 0.05) is 37.9 Å². The van der Waals surface area contributed by atoms with Gasteiger partial charge in [0.1, 0.15) is 5.75 Å². The van der Waals surface area contributed by atoms with Crippen LogP contribution in [-0.2, 0) is 0 Å². The number of aromatic hydroxyl groups is 1. The number of hydrogen-bond donors (Lipinski definition) is 4. The molecule has 1 aliphatic heterocycles. The predicted octanol–water partition coefficient (Wildman–Crippen LogP) is 0.742. The molecule has 1 aromatic carbocycles. The minimum atomic E-state index is 0. The lowest BCUT2D eigenvalue weighted by atomic mass is 10.1. The average Bonchev–Trinajstić information content (AvgIpc) is 2.89. The molecular weight excluding hydrogens is 242 g/mol. The second kappa shape index (κ2) is 8.31. The van der Waals surface area contributed by atoms with Gasteiger partial charge >= 0.3 is 0 Å². The molecule has 1 saturated heterocycles. The summed E-state index contributed by atoms with van der Waals surface area (Å²) in [4.78, 5) is 2.97. The largest absolute Gasteiger partial charge is 0.506 e. The molecule has 0 spiro atoms. The second-order valence-electron chi connectivity index (χ2n) is 4.10. The highest BCUT2D eigenvalue weighted by atomic mass is 16.3. The van der Waals surface area contributed by atoms with Crippen molar-refractivity contribution in [2.24, 2.45) is 0 Å². The van der Waals surface area contributed by atoms with E-state index >= 15 is 0 Å². The number of nitrogens with one attached hydrogen (secondary N) is 3. The highest BCUT2D eigenvalue weighted by molar-refractivity contribution is 5.65.